The second-order valence-electron chi connectivity index (χ2n) is 4.02. The van der Waals surface area contributed by atoms with E-state index < -0.39 is 0 Å². The summed E-state index contributed by atoms with van der Waals surface area (Å²) in [6, 6.07) is 0. The van der Waals surface area contributed by atoms with Crippen molar-refractivity contribution in [3.05, 3.63) is 11.6 Å². The Morgan fingerprint density at radius 3 is 3.06 bits per heavy atom. The van der Waals surface area contributed by atoms with Gasteiger partial charge in [0, 0.05) is 13.7 Å². The fourth-order valence-corrected chi connectivity index (χ4v) is 1.77. The molecule has 0 spiro atoms. The average Bonchev–Trinajstić information content (AvgIpc) is 2.78. The molecule has 0 heterocycles. The molecule has 4 nitrogen and oxygen atoms in total. The van der Waals surface area contributed by atoms with Crippen LogP contribution in [-0.4, -0.2) is 39.3 Å². The van der Waals surface area contributed by atoms with Gasteiger partial charge in [-0.1, -0.05) is 11.6 Å². The van der Waals surface area contributed by atoms with E-state index >= 15 is 0 Å². The van der Waals surface area contributed by atoms with Crippen molar-refractivity contribution in [3.8, 4) is 0 Å². The summed E-state index contributed by atoms with van der Waals surface area (Å²) in [4.78, 5) is 11.3. The number of amides is 1. The van der Waals surface area contributed by atoms with Crippen LogP contribution in [0.25, 0.3) is 0 Å². The van der Waals surface area contributed by atoms with Crippen LogP contribution in [0.1, 0.15) is 25.7 Å². The Hall–Kier alpha value is -0.870. The van der Waals surface area contributed by atoms with Crippen LogP contribution in [0.4, 0.5) is 0 Å². The fourth-order valence-electron chi connectivity index (χ4n) is 1.77. The Labute approximate surface area is 97.4 Å². The topological polar surface area (TPSA) is 50.4 Å². The lowest BCUT2D eigenvalue weighted by Crippen LogP contribution is -2.35. The van der Waals surface area contributed by atoms with E-state index in [1.54, 1.807) is 7.11 Å². The molecular formula is C12H22N2O2. The lowest BCUT2D eigenvalue weighted by atomic mass is 10.2. The van der Waals surface area contributed by atoms with Crippen LogP contribution in [-0.2, 0) is 9.53 Å². The van der Waals surface area contributed by atoms with E-state index in [9.17, 15) is 4.79 Å². The van der Waals surface area contributed by atoms with Gasteiger partial charge in [0.05, 0.1) is 13.2 Å². The van der Waals surface area contributed by atoms with Gasteiger partial charge in [-0.25, -0.2) is 0 Å². The van der Waals surface area contributed by atoms with Gasteiger partial charge in [-0.15, -0.1) is 0 Å². The molecule has 16 heavy (non-hydrogen) atoms. The molecule has 0 saturated heterocycles. The van der Waals surface area contributed by atoms with Gasteiger partial charge in [-0.05, 0) is 32.2 Å². The molecule has 0 fully saturated rings. The predicted octanol–water partition coefficient (Wildman–Crippen LogP) is 0.839. The number of carbonyl (C=O) groups is 1. The largest absolute Gasteiger partial charge is 0.383 e. The number of hydrogen-bond donors (Lipinski definition) is 2. The SMILES string of the molecule is COCCNC(=O)CNCCC1=CCCC1. The highest BCUT2D eigenvalue weighted by molar-refractivity contribution is 5.77. The lowest BCUT2D eigenvalue weighted by Gasteiger charge is -2.06. The number of nitrogens with one attached hydrogen (secondary N) is 2. The number of carbonyl (C=O) groups excluding carboxylic acids is 1. The monoisotopic (exact) mass is 226 g/mol. The van der Waals surface area contributed by atoms with E-state index in [0.29, 0.717) is 19.7 Å². The van der Waals surface area contributed by atoms with Crippen molar-refractivity contribution in [1.29, 1.82) is 0 Å². The van der Waals surface area contributed by atoms with Crippen molar-refractivity contribution in [2.45, 2.75) is 25.7 Å². The Bertz CT molecular complexity index is 239. The highest BCUT2D eigenvalue weighted by Crippen LogP contribution is 2.19. The van der Waals surface area contributed by atoms with Crippen molar-refractivity contribution in [2.75, 3.05) is 33.4 Å². The first-order valence-electron chi connectivity index (χ1n) is 5.97. The van der Waals surface area contributed by atoms with Crippen molar-refractivity contribution >= 4 is 5.91 Å². The molecule has 1 rings (SSSR count). The molecular weight excluding hydrogens is 204 g/mol. The van der Waals surface area contributed by atoms with Gasteiger partial charge in [0.25, 0.3) is 0 Å². The number of methoxy groups -OCH3 is 1. The Morgan fingerprint density at radius 1 is 1.50 bits per heavy atom. The molecule has 1 amide bonds. The van der Waals surface area contributed by atoms with Gasteiger partial charge in [-0.2, -0.15) is 0 Å². The molecule has 92 valence electrons. The fraction of sp³-hybridized carbons (Fsp3) is 0.750. The molecule has 2 N–H and O–H groups in total. The summed E-state index contributed by atoms with van der Waals surface area (Å²) in [5, 5.41) is 5.92. The van der Waals surface area contributed by atoms with E-state index in [1.807, 2.05) is 0 Å². The molecule has 4 heteroatoms. The van der Waals surface area contributed by atoms with Gasteiger partial charge >= 0.3 is 0 Å². The highest BCUT2D eigenvalue weighted by atomic mass is 16.5. The second kappa shape index (κ2) is 8.30. The third-order valence-corrected chi connectivity index (χ3v) is 2.67. The maximum absolute atomic E-state index is 11.3. The van der Waals surface area contributed by atoms with Crippen LogP contribution in [0.3, 0.4) is 0 Å². The number of allylic oxidation sites excluding steroid dienone is 1. The van der Waals surface area contributed by atoms with Crippen LogP contribution in [0.5, 0.6) is 0 Å². The number of hydrogen-bond acceptors (Lipinski definition) is 3. The summed E-state index contributed by atoms with van der Waals surface area (Å²) in [7, 11) is 1.62. The van der Waals surface area contributed by atoms with Crippen LogP contribution < -0.4 is 10.6 Å². The molecule has 0 aliphatic heterocycles. The average molecular weight is 226 g/mol. The molecule has 1 aliphatic carbocycles. The van der Waals surface area contributed by atoms with Gasteiger partial charge in [0.1, 0.15) is 0 Å². The van der Waals surface area contributed by atoms with Crippen molar-refractivity contribution < 1.29 is 9.53 Å². The summed E-state index contributed by atoms with van der Waals surface area (Å²) in [6.45, 7) is 2.45. The third-order valence-electron chi connectivity index (χ3n) is 2.67. The van der Waals surface area contributed by atoms with E-state index in [0.717, 1.165) is 13.0 Å². The lowest BCUT2D eigenvalue weighted by molar-refractivity contribution is -0.120. The molecule has 1 aliphatic rings. The maximum atomic E-state index is 11.3. The van der Waals surface area contributed by atoms with Crippen LogP contribution in [0.2, 0.25) is 0 Å². The van der Waals surface area contributed by atoms with Crippen LogP contribution in [0, 0.1) is 0 Å². The van der Waals surface area contributed by atoms with E-state index in [4.69, 9.17) is 4.74 Å². The molecule has 0 saturated carbocycles. The zero-order valence-electron chi connectivity index (χ0n) is 10.1. The van der Waals surface area contributed by atoms with Crippen LogP contribution in [0.15, 0.2) is 11.6 Å². The summed E-state index contributed by atoms with van der Waals surface area (Å²) in [5.41, 5.74) is 1.53. The summed E-state index contributed by atoms with van der Waals surface area (Å²) in [6.07, 6.45) is 7.16. The minimum atomic E-state index is 0.0393. The smallest absolute Gasteiger partial charge is 0.234 e. The molecule has 0 radical (unpaired) electrons. The zero-order chi connectivity index (χ0) is 11.6. The standard InChI is InChI=1S/C12H22N2O2/c1-16-9-8-14-12(15)10-13-7-6-11-4-2-3-5-11/h4,13H,2-3,5-10H2,1H3,(H,14,15). The normalized spacial score (nSPS) is 14.9. The van der Waals surface area contributed by atoms with Crippen molar-refractivity contribution in [2.24, 2.45) is 0 Å². The molecule has 0 aromatic carbocycles. The van der Waals surface area contributed by atoms with Crippen molar-refractivity contribution in [1.82, 2.24) is 10.6 Å². The molecule has 0 aromatic heterocycles. The van der Waals surface area contributed by atoms with E-state index in [-0.39, 0.29) is 5.91 Å². The summed E-state index contributed by atoms with van der Waals surface area (Å²) < 4.78 is 4.84. The van der Waals surface area contributed by atoms with Gasteiger partial charge in [0.15, 0.2) is 0 Å². The quantitative estimate of drug-likeness (QED) is 0.476. The predicted molar refractivity (Wildman–Crippen MR) is 64.3 cm³/mol. The first-order chi connectivity index (χ1) is 7.83. The van der Waals surface area contributed by atoms with Crippen LogP contribution >= 0.6 is 0 Å². The minimum absolute atomic E-state index is 0.0393. The van der Waals surface area contributed by atoms with E-state index in [2.05, 4.69) is 16.7 Å². The number of rotatable bonds is 8. The first-order valence-corrected chi connectivity index (χ1v) is 5.97. The molecule has 0 bridgehead atoms. The molecule has 0 atom stereocenters. The second-order valence-corrected chi connectivity index (χ2v) is 4.02. The third kappa shape index (κ3) is 5.88. The maximum Gasteiger partial charge on any atom is 0.234 e. The van der Waals surface area contributed by atoms with Gasteiger partial charge < -0.3 is 15.4 Å². The zero-order valence-corrected chi connectivity index (χ0v) is 10.1. The molecule has 0 aromatic rings. The number of ether oxygens (including phenoxy) is 1. The Kier molecular flexibility index (Phi) is 6.85. The Balaban J connectivity index is 1.91. The highest BCUT2D eigenvalue weighted by Gasteiger charge is 2.04. The minimum Gasteiger partial charge on any atom is -0.383 e. The molecule has 0 unspecified atom stereocenters. The van der Waals surface area contributed by atoms with Gasteiger partial charge in [0.2, 0.25) is 5.91 Å². The van der Waals surface area contributed by atoms with E-state index in [1.165, 1.54) is 24.8 Å². The first kappa shape index (κ1) is 13.2. The van der Waals surface area contributed by atoms with Crippen molar-refractivity contribution in [3.63, 3.8) is 0 Å². The summed E-state index contributed by atoms with van der Waals surface area (Å²) in [5.74, 6) is 0.0393. The summed E-state index contributed by atoms with van der Waals surface area (Å²) >= 11 is 0. The Morgan fingerprint density at radius 2 is 2.38 bits per heavy atom. The van der Waals surface area contributed by atoms with Gasteiger partial charge in [-0.3, -0.25) is 4.79 Å².